The molecule has 6 nitrogen and oxygen atoms in total. The van der Waals surface area contributed by atoms with Gasteiger partial charge in [0.25, 0.3) is 5.91 Å². The summed E-state index contributed by atoms with van der Waals surface area (Å²) in [6, 6.07) is 4.55. The van der Waals surface area contributed by atoms with Gasteiger partial charge in [-0.15, -0.1) is 0 Å². The van der Waals surface area contributed by atoms with E-state index in [4.69, 9.17) is 21.1 Å². The molecule has 0 bridgehead atoms. The van der Waals surface area contributed by atoms with E-state index in [0.717, 1.165) is 19.3 Å². The minimum absolute atomic E-state index is 0.0337. The van der Waals surface area contributed by atoms with Crippen molar-refractivity contribution in [3.05, 3.63) is 28.8 Å². The third-order valence-corrected chi connectivity index (χ3v) is 5.51. The van der Waals surface area contributed by atoms with Gasteiger partial charge in [-0.2, -0.15) is 0 Å². The Morgan fingerprint density at radius 2 is 1.85 bits per heavy atom. The Labute approximate surface area is 159 Å². The van der Waals surface area contributed by atoms with Gasteiger partial charge in [-0.05, 0) is 43.9 Å². The third-order valence-electron chi connectivity index (χ3n) is 5.28. The number of piperidine rings is 1. The molecule has 2 saturated heterocycles. The van der Waals surface area contributed by atoms with Crippen LogP contribution in [0.25, 0.3) is 0 Å². The maximum Gasteiger partial charge on any atom is 0.258 e. The van der Waals surface area contributed by atoms with E-state index in [0.29, 0.717) is 42.4 Å². The van der Waals surface area contributed by atoms with Crippen LogP contribution >= 0.6 is 11.6 Å². The van der Waals surface area contributed by atoms with Gasteiger partial charge in [0, 0.05) is 31.8 Å². The third kappa shape index (κ3) is 3.81. The number of carbonyl (C=O) groups is 2. The highest BCUT2D eigenvalue weighted by atomic mass is 35.5. The van der Waals surface area contributed by atoms with Crippen molar-refractivity contribution in [2.24, 2.45) is 0 Å². The summed E-state index contributed by atoms with van der Waals surface area (Å²) in [5.41, 5.74) is 0.401. The fraction of sp³-hybridized carbons (Fsp3) is 0.579. The van der Waals surface area contributed by atoms with Crippen molar-refractivity contribution >= 4 is 23.4 Å². The summed E-state index contributed by atoms with van der Waals surface area (Å²) in [6.45, 7) is 1.92. The van der Waals surface area contributed by atoms with E-state index in [1.165, 1.54) is 7.11 Å². The quantitative estimate of drug-likeness (QED) is 0.805. The largest absolute Gasteiger partial charge is 0.496 e. The summed E-state index contributed by atoms with van der Waals surface area (Å²) in [7, 11) is 3.23. The highest BCUT2D eigenvalue weighted by Crippen LogP contribution is 2.29. The Kier molecular flexibility index (Phi) is 6.04. The first-order chi connectivity index (χ1) is 12.5. The zero-order valence-corrected chi connectivity index (χ0v) is 16.0. The molecule has 2 aliphatic heterocycles. The second-order valence-electron chi connectivity index (χ2n) is 6.76. The molecule has 2 heterocycles. The molecule has 0 aromatic heterocycles. The van der Waals surface area contributed by atoms with E-state index in [-0.39, 0.29) is 17.9 Å². The van der Waals surface area contributed by atoms with Crippen LogP contribution in [0.4, 0.5) is 0 Å². The Hall–Kier alpha value is -1.79. The normalized spacial score (nSPS) is 21.1. The van der Waals surface area contributed by atoms with Gasteiger partial charge in [-0.3, -0.25) is 9.59 Å². The molecule has 0 spiro atoms. The molecule has 7 heteroatoms. The molecule has 1 aromatic rings. The fourth-order valence-electron chi connectivity index (χ4n) is 3.79. The van der Waals surface area contributed by atoms with Gasteiger partial charge in [-0.1, -0.05) is 11.6 Å². The number of likely N-dealkylation sites (tertiary alicyclic amines) is 2. The van der Waals surface area contributed by atoms with Gasteiger partial charge in [0.15, 0.2) is 0 Å². The maximum absolute atomic E-state index is 13.1. The SMILES string of the molecule is COc1ccc(Cl)cc1C(=O)N1CCCC1C(=O)N1CCC(OC)CC1. The highest BCUT2D eigenvalue weighted by molar-refractivity contribution is 6.31. The second-order valence-corrected chi connectivity index (χ2v) is 7.20. The molecule has 1 unspecified atom stereocenters. The van der Waals surface area contributed by atoms with Crippen LogP contribution in [0.15, 0.2) is 18.2 Å². The zero-order chi connectivity index (χ0) is 18.7. The minimum atomic E-state index is -0.412. The summed E-state index contributed by atoms with van der Waals surface area (Å²) < 4.78 is 10.7. The summed E-state index contributed by atoms with van der Waals surface area (Å²) >= 11 is 6.06. The molecule has 0 aliphatic carbocycles. The number of halogens is 1. The smallest absolute Gasteiger partial charge is 0.258 e. The van der Waals surface area contributed by atoms with Crippen molar-refractivity contribution < 1.29 is 19.1 Å². The predicted octanol–water partition coefficient (Wildman–Crippen LogP) is 2.59. The van der Waals surface area contributed by atoms with Crippen LogP contribution < -0.4 is 4.74 Å². The molecular formula is C19H25ClN2O4. The summed E-state index contributed by atoms with van der Waals surface area (Å²) in [6.07, 6.45) is 3.41. The van der Waals surface area contributed by atoms with Crippen LogP contribution in [-0.2, 0) is 9.53 Å². The molecule has 26 heavy (non-hydrogen) atoms. The Morgan fingerprint density at radius 3 is 2.50 bits per heavy atom. The van der Waals surface area contributed by atoms with E-state index >= 15 is 0 Å². The van der Waals surface area contributed by atoms with Gasteiger partial charge < -0.3 is 19.3 Å². The van der Waals surface area contributed by atoms with Crippen molar-refractivity contribution in [3.8, 4) is 5.75 Å². The van der Waals surface area contributed by atoms with Crippen LogP contribution in [0.2, 0.25) is 5.02 Å². The van der Waals surface area contributed by atoms with E-state index in [1.807, 2.05) is 4.90 Å². The number of rotatable bonds is 4. The number of amides is 2. The number of benzene rings is 1. The Balaban J connectivity index is 1.75. The number of hydrogen-bond acceptors (Lipinski definition) is 4. The standard InChI is InChI=1S/C19H25ClN2O4/c1-25-14-7-10-21(11-8-14)19(24)16-4-3-9-22(16)18(23)15-12-13(20)5-6-17(15)26-2/h5-6,12,14,16H,3-4,7-11H2,1-2H3. The van der Waals surface area contributed by atoms with Gasteiger partial charge in [-0.25, -0.2) is 0 Å². The molecule has 2 aliphatic rings. The molecule has 3 rings (SSSR count). The first-order valence-electron chi connectivity index (χ1n) is 9.01. The van der Waals surface area contributed by atoms with Gasteiger partial charge >= 0.3 is 0 Å². The fourth-order valence-corrected chi connectivity index (χ4v) is 3.96. The molecule has 0 saturated carbocycles. The molecule has 2 amide bonds. The van der Waals surface area contributed by atoms with E-state index in [9.17, 15) is 9.59 Å². The number of nitrogens with zero attached hydrogens (tertiary/aromatic N) is 2. The van der Waals surface area contributed by atoms with Crippen molar-refractivity contribution in [2.75, 3.05) is 33.9 Å². The average molecular weight is 381 g/mol. The van der Waals surface area contributed by atoms with Crippen molar-refractivity contribution in [1.82, 2.24) is 9.80 Å². The van der Waals surface area contributed by atoms with Crippen LogP contribution in [0.3, 0.4) is 0 Å². The van der Waals surface area contributed by atoms with Crippen LogP contribution in [0.5, 0.6) is 5.75 Å². The van der Waals surface area contributed by atoms with Crippen molar-refractivity contribution in [3.63, 3.8) is 0 Å². The maximum atomic E-state index is 13.1. The number of hydrogen-bond donors (Lipinski definition) is 0. The van der Waals surface area contributed by atoms with E-state index in [1.54, 1.807) is 30.2 Å². The molecule has 0 N–H and O–H groups in total. The van der Waals surface area contributed by atoms with Crippen LogP contribution in [0, 0.1) is 0 Å². The predicted molar refractivity (Wildman–Crippen MR) is 98.7 cm³/mol. The first kappa shape index (κ1) is 19.0. The van der Waals surface area contributed by atoms with E-state index < -0.39 is 6.04 Å². The second kappa shape index (κ2) is 8.27. The van der Waals surface area contributed by atoms with E-state index in [2.05, 4.69) is 0 Å². The van der Waals surface area contributed by atoms with Crippen molar-refractivity contribution in [2.45, 2.75) is 37.8 Å². The Morgan fingerprint density at radius 1 is 1.12 bits per heavy atom. The molecule has 0 radical (unpaired) electrons. The minimum Gasteiger partial charge on any atom is -0.496 e. The number of carbonyl (C=O) groups excluding carboxylic acids is 2. The average Bonchev–Trinajstić information content (AvgIpc) is 3.16. The molecule has 1 atom stereocenters. The number of ether oxygens (including phenoxy) is 2. The molecule has 142 valence electrons. The Bertz CT molecular complexity index is 674. The lowest BCUT2D eigenvalue weighted by Gasteiger charge is -2.35. The molecular weight excluding hydrogens is 356 g/mol. The highest BCUT2D eigenvalue weighted by Gasteiger charge is 2.38. The van der Waals surface area contributed by atoms with Gasteiger partial charge in [0.05, 0.1) is 18.8 Å². The summed E-state index contributed by atoms with van der Waals surface area (Å²) in [4.78, 5) is 29.6. The molecule has 1 aromatic carbocycles. The lowest BCUT2D eigenvalue weighted by atomic mass is 10.1. The van der Waals surface area contributed by atoms with Gasteiger partial charge in [0.2, 0.25) is 5.91 Å². The summed E-state index contributed by atoms with van der Waals surface area (Å²) in [5, 5.41) is 0.470. The van der Waals surface area contributed by atoms with Crippen molar-refractivity contribution in [1.29, 1.82) is 0 Å². The first-order valence-corrected chi connectivity index (χ1v) is 9.39. The monoisotopic (exact) mass is 380 g/mol. The van der Waals surface area contributed by atoms with Crippen LogP contribution in [-0.4, -0.2) is 67.6 Å². The summed E-state index contributed by atoms with van der Waals surface area (Å²) in [5.74, 6) is 0.303. The lowest BCUT2D eigenvalue weighted by Crippen LogP contribution is -2.50. The van der Waals surface area contributed by atoms with Crippen LogP contribution in [0.1, 0.15) is 36.0 Å². The molecule has 2 fully saturated rings. The zero-order valence-electron chi connectivity index (χ0n) is 15.2. The van der Waals surface area contributed by atoms with Gasteiger partial charge in [0.1, 0.15) is 11.8 Å². The number of methoxy groups -OCH3 is 2. The lowest BCUT2D eigenvalue weighted by molar-refractivity contribution is -0.137. The topological polar surface area (TPSA) is 59.1 Å².